The zero-order chi connectivity index (χ0) is 56.5. The molecule has 0 aliphatic carbocycles. The molecule has 0 aromatic heterocycles. The Hall–Kier alpha value is -7.07. The topological polar surface area (TPSA) is 311 Å². The van der Waals surface area contributed by atoms with E-state index in [0.29, 0.717) is 29.5 Å². The summed E-state index contributed by atoms with van der Waals surface area (Å²) < 4.78 is 21.8. The molecule has 3 aromatic rings. The SMILES string of the molecule is CC(C)(C)OC(C(=O)C(OC(C)(C)C)C(=O)[C@@H](CO)NC(=O)OCc1ccccc1)C(=O)[C@@H](CO)NC(=O)OCc1ccccc1.CCCC[C@H](NC(=O)[C@H](C)NC(=O)[C@@H](NC(=O)c1ccccc1)C(C)C)C(=O)O. The van der Waals surface area contributed by atoms with Crippen molar-refractivity contribution in [1.29, 1.82) is 0 Å². The van der Waals surface area contributed by atoms with Gasteiger partial charge in [-0.25, -0.2) is 14.4 Å². The van der Waals surface area contributed by atoms with Crippen LogP contribution in [0.2, 0.25) is 0 Å². The van der Waals surface area contributed by atoms with Gasteiger partial charge in [0, 0.05) is 5.56 Å². The van der Waals surface area contributed by atoms with Gasteiger partial charge >= 0.3 is 18.2 Å². The van der Waals surface area contributed by atoms with E-state index in [0.717, 1.165) is 6.42 Å². The first-order valence-corrected chi connectivity index (χ1v) is 24.5. The number of ether oxygens (including phenoxy) is 4. The second-order valence-electron chi connectivity index (χ2n) is 19.6. The molecule has 0 radical (unpaired) electrons. The molecule has 0 fully saturated rings. The molecule has 0 aliphatic heterocycles. The van der Waals surface area contributed by atoms with Gasteiger partial charge in [-0.2, -0.15) is 0 Å². The van der Waals surface area contributed by atoms with Gasteiger partial charge in [0.25, 0.3) is 5.91 Å². The first-order chi connectivity index (χ1) is 35.2. The lowest BCUT2D eigenvalue weighted by molar-refractivity contribution is -0.171. The quantitative estimate of drug-likeness (QED) is 0.0493. The van der Waals surface area contributed by atoms with Crippen LogP contribution in [0.5, 0.6) is 0 Å². The van der Waals surface area contributed by atoms with E-state index in [4.69, 9.17) is 18.9 Å². The van der Waals surface area contributed by atoms with Gasteiger partial charge in [0.15, 0.2) is 23.8 Å². The number of ketones is 3. The highest BCUT2D eigenvalue weighted by atomic mass is 16.6. The fourth-order valence-electron chi connectivity index (χ4n) is 6.63. The molecule has 75 heavy (non-hydrogen) atoms. The number of carboxylic acids is 1. The molecular formula is C54H75N5O16. The second kappa shape index (κ2) is 31.6. The van der Waals surface area contributed by atoms with Crippen molar-refractivity contribution in [1.82, 2.24) is 26.6 Å². The molecule has 412 valence electrons. The number of carbonyl (C=O) groups excluding carboxylic acids is 8. The number of carbonyl (C=O) groups is 9. The number of Topliss-reactive ketones (excluding diaryl/α,β-unsaturated/α-hetero) is 3. The van der Waals surface area contributed by atoms with Gasteiger partial charge in [0.05, 0.1) is 24.4 Å². The molecule has 8 N–H and O–H groups in total. The Morgan fingerprint density at radius 1 is 0.533 bits per heavy atom. The normalized spacial score (nSPS) is 14.1. The van der Waals surface area contributed by atoms with Crippen molar-refractivity contribution in [3.8, 4) is 0 Å². The van der Waals surface area contributed by atoms with Crippen molar-refractivity contribution < 1.29 is 77.4 Å². The Morgan fingerprint density at radius 2 is 0.947 bits per heavy atom. The first-order valence-electron chi connectivity index (χ1n) is 24.5. The molecule has 7 atom stereocenters. The first kappa shape index (κ1) is 64.0. The van der Waals surface area contributed by atoms with Crippen molar-refractivity contribution in [2.45, 2.75) is 155 Å². The van der Waals surface area contributed by atoms with E-state index < -0.39 is 114 Å². The molecule has 5 amide bonds. The molecular weight excluding hydrogens is 975 g/mol. The summed E-state index contributed by atoms with van der Waals surface area (Å²) in [5.74, 6) is -6.13. The highest BCUT2D eigenvalue weighted by molar-refractivity contribution is 6.18. The second-order valence-corrected chi connectivity index (χ2v) is 19.6. The Kier molecular flexibility index (Phi) is 27.0. The number of unbranched alkanes of at least 4 members (excludes halogenated alkanes) is 1. The van der Waals surface area contributed by atoms with E-state index in [1.165, 1.54) is 6.92 Å². The average molecular weight is 1050 g/mol. The molecule has 3 rings (SSSR count). The fraction of sp³-hybridized carbons (Fsp3) is 0.500. The molecule has 0 bridgehead atoms. The maximum atomic E-state index is 14.0. The summed E-state index contributed by atoms with van der Waals surface area (Å²) in [6.07, 6.45) is -4.34. The molecule has 3 aromatic carbocycles. The summed E-state index contributed by atoms with van der Waals surface area (Å²) >= 11 is 0. The lowest BCUT2D eigenvalue weighted by Crippen LogP contribution is -2.58. The molecule has 21 heteroatoms. The third-order valence-corrected chi connectivity index (χ3v) is 10.5. The Labute approximate surface area is 438 Å². The fourth-order valence-corrected chi connectivity index (χ4v) is 6.63. The van der Waals surface area contributed by atoms with E-state index in [1.54, 1.807) is 146 Å². The van der Waals surface area contributed by atoms with Crippen LogP contribution in [0.15, 0.2) is 91.0 Å². The van der Waals surface area contributed by atoms with Gasteiger partial charge in [-0.3, -0.25) is 28.8 Å². The summed E-state index contributed by atoms with van der Waals surface area (Å²) in [6, 6.07) is 19.9. The van der Waals surface area contributed by atoms with Crippen LogP contribution < -0.4 is 26.6 Å². The van der Waals surface area contributed by atoms with Crippen LogP contribution in [-0.2, 0) is 60.9 Å². The Balaban J connectivity index is 0.000000570. The van der Waals surface area contributed by atoms with Gasteiger partial charge in [0.1, 0.15) is 43.4 Å². The van der Waals surface area contributed by atoms with Gasteiger partial charge in [-0.1, -0.05) is 112 Å². The molecule has 0 aliphatic rings. The van der Waals surface area contributed by atoms with Crippen molar-refractivity contribution in [2.75, 3.05) is 13.2 Å². The number of amides is 5. The summed E-state index contributed by atoms with van der Waals surface area (Å²) in [6.45, 7) is 14.2. The third-order valence-electron chi connectivity index (χ3n) is 10.5. The highest BCUT2D eigenvalue weighted by Crippen LogP contribution is 2.21. The van der Waals surface area contributed by atoms with E-state index >= 15 is 0 Å². The number of hydrogen-bond donors (Lipinski definition) is 8. The summed E-state index contributed by atoms with van der Waals surface area (Å²) in [5.41, 5.74) is -0.489. The predicted octanol–water partition coefficient (Wildman–Crippen LogP) is 4.34. The predicted molar refractivity (Wildman–Crippen MR) is 275 cm³/mol. The van der Waals surface area contributed by atoms with E-state index in [9.17, 15) is 58.5 Å². The van der Waals surface area contributed by atoms with Crippen LogP contribution >= 0.6 is 0 Å². The number of aliphatic hydroxyl groups excluding tert-OH is 2. The van der Waals surface area contributed by atoms with E-state index in [-0.39, 0.29) is 25.0 Å². The zero-order valence-corrected chi connectivity index (χ0v) is 44.4. The minimum absolute atomic E-state index is 0.126. The van der Waals surface area contributed by atoms with Crippen LogP contribution in [0.25, 0.3) is 0 Å². The molecule has 0 spiro atoms. The van der Waals surface area contributed by atoms with Crippen molar-refractivity contribution in [3.63, 3.8) is 0 Å². The zero-order valence-electron chi connectivity index (χ0n) is 44.4. The molecule has 0 saturated carbocycles. The maximum absolute atomic E-state index is 14.0. The molecule has 2 unspecified atom stereocenters. The van der Waals surface area contributed by atoms with Crippen LogP contribution in [-0.4, -0.2) is 135 Å². The highest BCUT2D eigenvalue weighted by Gasteiger charge is 2.46. The number of benzene rings is 3. The van der Waals surface area contributed by atoms with Gasteiger partial charge < -0.3 is 60.9 Å². The number of aliphatic hydroxyl groups is 2. The molecule has 0 heterocycles. The largest absolute Gasteiger partial charge is 0.480 e. The monoisotopic (exact) mass is 1050 g/mol. The van der Waals surface area contributed by atoms with Gasteiger partial charge in [-0.15, -0.1) is 0 Å². The summed E-state index contributed by atoms with van der Waals surface area (Å²) in [4.78, 5) is 115. The lowest BCUT2D eigenvalue weighted by Gasteiger charge is -2.33. The number of nitrogens with one attached hydrogen (secondary N) is 5. The number of aliphatic carboxylic acids is 1. The van der Waals surface area contributed by atoms with Crippen LogP contribution in [0.1, 0.15) is 110 Å². The lowest BCUT2D eigenvalue weighted by atomic mass is 9.94. The van der Waals surface area contributed by atoms with Crippen molar-refractivity contribution in [3.05, 3.63) is 108 Å². The van der Waals surface area contributed by atoms with Crippen molar-refractivity contribution in [2.24, 2.45) is 5.92 Å². The van der Waals surface area contributed by atoms with Crippen molar-refractivity contribution >= 4 is 53.2 Å². The van der Waals surface area contributed by atoms with Gasteiger partial charge in [0.2, 0.25) is 17.6 Å². The minimum atomic E-state index is -2.02. The van der Waals surface area contributed by atoms with Crippen LogP contribution in [0.4, 0.5) is 9.59 Å². The molecule has 0 saturated heterocycles. The third kappa shape index (κ3) is 23.8. The number of rotatable bonds is 27. The Morgan fingerprint density at radius 3 is 1.31 bits per heavy atom. The smallest absolute Gasteiger partial charge is 0.408 e. The van der Waals surface area contributed by atoms with E-state index in [2.05, 4.69) is 26.6 Å². The number of carboxylic acid groups (broad SMARTS) is 1. The number of hydrogen-bond acceptors (Lipinski definition) is 15. The standard InChI is InChI=1S/C33H44N2O11.C21H31N3O5/c1-32(2,3)45-28(25(38)23(17-36)34-30(41)43-19-21-13-9-7-10-14-21)27(40)29(46-33(4,5)6)26(39)24(18-37)35-31(42)44-20-22-15-11-8-12-16-22;1-5-6-12-16(21(28)29)23-18(25)14(4)22-20(27)17(13(2)3)24-19(26)15-10-8-7-9-11-15/h7-16,23-24,28-29,36-37H,17-20H2,1-6H3,(H,34,41)(H,35,42);7-11,13-14,16-17H,5-6,12H2,1-4H3,(H,22,27)(H,23,25)(H,24,26)(H,28,29)/t23-,24-,28?,29?;14-,16-,17-/m10/s1. The van der Waals surface area contributed by atoms with Crippen LogP contribution in [0, 0.1) is 5.92 Å². The average Bonchev–Trinajstić information content (AvgIpc) is 3.36. The maximum Gasteiger partial charge on any atom is 0.408 e. The van der Waals surface area contributed by atoms with Crippen LogP contribution in [0.3, 0.4) is 0 Å². The Bertz CT molecular complexity index is 2220. The van der Waals surface area contributed by atoms with Gasteiger partial charge in [-0.05, 0) is 84.1 Å². The number of alkyl carbamates (subject to hydrolysis) is 2. The summed E-state index contributed by atoms with van der Waals surface area (Å²) in [5, 5.41) is 41.4. The summed E-state index contributed by atoms with van der Waals surface area (Å²) in [7, 11) is 0. The minimum Gasteiger partial charge on any atom is -0.480 e. The van der Waals surface area contributed by atoms with E-state index in [1.807, 2.05) is 6.92 Å². The molecule has 21 nitrogen and oxygen atoms in total.